The number of aromatic nitrogens is 2. The minimum absolute atomic E-state index is 0.00493. The van der Waals surface area contributed by atoms with Gasteiger partial charge in [0.15, 0.2) is 5.78 Å². The molecule has 1 aromatic carbocycles. The number of fused-ring (bicyclic) bond motifs is 3. The molecule has 198 valence electrons. The van der Waals surface area contributed by atoms with Crippen molar-refractivity contribution in [2.75, 3.05) is 39.2 Å². The van der Waals surface area contributed by atoms with Crippen molar-refractivity contribution in [1.82, 2.24) is 14.9 Å². The van der Waals surface area contributed by atoms with Crippen LogP contribution in [0.4, 0.5) is 5.69 Å². The Labute approximate surface area is 224 Å². The van der Waals surface area contributed by atoms with Crippen LogP contribution in [0.5, 0.6) is 5.88 Å². The van der Waals surface area contributed by atoms with Gasteiger partial charge in [-0.25, -0.2) is 4.98 Å². The summed E-state index contributed by atoms with van der Waals surface area (Å²) in [6.45, 7) is 1.61. The number of benzene rings is 1. The van der Waals surface area contributed by atoms with Crippen molar-refractivity contribution < 1.29 is 14.3 Å². The Morgan fingerprint density at radius 2 is 1.87 bits per heavy atom. The van der Waals surface area contributed by atoms with Crippen LogP contribution < -0.4 is 9.64 Å². The highest BCUT2D eigenvalue weighted by Gasteiger charge is 2.32. The summed E-state index contributed by atoms with van der Waals surface area (Å²) < 4.78 is 5.79. The molecule has 0 N–H and O–H groups in total. The molecule has 1 saturated carbocycles. The molecule has 3 heterocycles. The van der Waals surface area contributed by atoms with E-state index in [-0.39, 0.29) is 17.6 Å². The highest BCUT2D eigenvalue weighted by molar-refractivity contribution is 6.01. The number of carbonyl (C=O) groups is 2. The van der Waals surface area contributed by atoms with Gasteiger partial charge in [-0.3, -0.25) is 14.6 Å². The predicted molar refractivity (Wildman–Crippen MR) is 150 cm³/mol. The highest BCUT2D eigenvalue weighted by Crippen LogP contribution is 2.36. The van der Waals surface area contributed by atoms with Crippen LogP contribution in [0.3, 0.4) is 0 Å². The van der Waals surface area contributed by atoms with Gasteiger partial charge in [0.1, 0.15) is 0 Å². The summed E-state index contributed by atoms with van der Waals surface area (Å²) in [5.74, 6) is 1.03. The molecule has 0 spiro atoms. The Kier molecular flexibility index (Phi) is 7.84. The second-order valence-electron chi connectivity index (χ2n) is 10.6. The fourth-order valence-electron chi connectivity index (χ4n) is 5.03. The van der Waals surface area contributed by atoms with E-state index < -0.39 is 0 Å². The van der Waals surface area contributed by atoms with Gasteiger partial charge in [0.05, 0.1) is 24.0 Å². The number of hydrogen-bond donors (Lipinski definition) is 0. The zero-order chi connectivity index (χ0) is 26.6. The Morgan fingerprint density at radius 1 is 1.05 bits per heavy atom. The van der Waals surface area contributed by atoms with E-state index in [9.17, 15) is 9.59 Å². The second-order valence-corrected chi connectivity index (χ2v) is 10.6. The summed E-state index contributed by atoms with van der Waals surface area (Å²) in [5, 5.41) is 1.02. The maximum Gasteiger partial charge on any atom is 0.227 e. The van der Waals surface area contributed by atoms with E-state index in [1.54, 1.807) is 11.1 Å². The number of nitrogens with zero attached hydrogens (tertiary/aromatic N) is 4. The third-order valence-corrected chi connectivity index (χ3v) is 7.42. The van der Waals surface area contributed by atoms with Crippen LogP contribution >= 0.6 is 0 Å². The van der Waals surface area contributed by atoms with Gasteiger partial charge in [-0.1, -0.05) is 12.1 Å². The molecule has 0 saturated heterocycles. The van der Waals surface area contributed by atoms with Crippen molar-refractivity contribution in [3.63, 3.8) is 0 Å². The Bertz CT molecular complexity index is 1360. The van der Waals surface area contributed by atoms with Gasteiger partial charge < -0.3 is 14.5 Å². The maximum atomic E-state index is 13.1. The quantitative estimate of drug-likeness (QED) is 0.385. The number of amides is 1. The Hall–Kier alpha value is -3.58. The largest absolute Gasteiger partial charge is 0.478 e. The van der Waals surface area contributed by atoms with Crippen LogP contribution in [0.1, 0.15) is 44.1 Å². The smallest absolute Gasteiger partial charge is 0.227 e. The fourth-order valence-corrected chi connectivity index (χ4v) is 5.03. The van der Waals surface area contributed by atoms with Gasteiger partial charge in [0.2, 0.25) is 11.8 Å². The molecule has 0 radical (unpaired) electrons. The minimum atomic E-state index is 0.00493. The van der Waals surface area contributed by atoms with E-state index in [1.807, 2.05) is 31.4 Å². The molecule has 5 rings (SSSR count). The first kappa shape index (κ1) is 26.0. The summed E-state index contributed by atoms with van der Waals surface area (Å²) in [6.07, 6.45) is 10.9. The van der Waals surface area contributed by atoms with Crippen LogP contribution in [0.2, 0.25) is 0 Å². The molecule has 7 heteroatoms. The molecule has 0 unspecified atom stereocenters. The standard InChI is InChI=1S/C31H36N4O3/c1-34(2)16-5-17-38-29-14-11-24(19-33-29)23-10-13-27-26(18-23)25-7-4-6-21(31(37)22-8-9-22)12-15-30(36)35(3)28(25)20-32-27/h6,10-11,13-14,18-20,22H,4-5,7-9,12,15-17H2,1-3H3/b21-6+. The lowest BCUT2D eigenvalue weighted by Crippen LogP contribution is -2.28. The molecule has 1 aliphatic carbocycles. The normalized spacial score (nSPS) is 17.7. The molecule has 3 aromatic rings. The first-order valence-electron chi connectivity index (χ1n) is 13.6. The third kappa shape index (κ3) is 5.94. The molecule has 2 aromatic heterocycles. The average Bonchev–Trinajstić information content (AvgIpc) is 3.77. The molecule has 7 nitrogen and oxygen atoms in total. The van der Waals surface area contributed by atoms with Gasteiger partial charge in [-0.15, -0.1) is 0 Å². The SMILES string of the molecule is CN(C)CCCOc1ccc(-c2ccc3ncc4c(c3c2)CC/C=C(/C(=O)C2CC2)CCC(=O)N4C)cn1. The van der Waals surface area contributed by atoms with Crippen molar-refractivity contribution in [2.45, 2.75) is 44.9 Å². The van der Waals surface area contributed by atoms with Crippen molar-refractivity contribution in [2.24, 2.45) is 5.92 Å². The summed E-state index contributed by atoms with van der Waals surface area (Å²) in [7, 11) is 5.91. The first-order chi connectivity index (χ1) is 18.4. The van der Waals surface area contributed by atoms with E-state index in [0.29, 0.717) is 25.3 Å². The maximum absolute atomic E-state index is 13.1. The zero-order valence-corrected chi connectivity index (χ0v) is 22.6. The molecular weight excluding hydrogens is 476 g/mol. The molecular formula is C31H36N4O3. The third-order valence-electron chi connectivity index (χ3n) is 7.42. The number of allylic oxidation sites excluding steroid dienone is 2. The monoisotopic (exact) mass is 512 g/mol. The van der Waals surface area contributed by atoms with Crippen LogP contribution in [0.15, 0.2) is 54.4 Å². The number of anilines is 1. The summed E-state index contributed by atoms with van der Waals surface area (Å²) in [5.41, 5.74) is 5.66. The molecule has 2 aliphatic rings. The van der Waals surface area contributed by atoms with Crippen molar-refractivity contribution in [3.05, 3.63) is 59.9 Å². The molecule has 38 heavy (non-hydrogen) atoms. The number of rotatable bonds is 8. The first-order valence-corrected chi connectivity index (χ1v) is 13.6. The minimum Gasteiger partial charge on any atom is -0.478 e. The van der Waals surface area contributed by atoms with Crippen molar-refractivity contribution >= 4 is 28.3 Å². The van der Waals surface area contributed by atoms with Crippen molar-refractivity contribution in [1.29, 1.82) is 0 Å². The number of ketones is 1. The van der Waals surface area contributed by atoms with Gasteiger partial charge >= 0.3 is 0 Å². The zero-order valence-electron chi connectivity index (χ0n) is 22.6. The fraction of sp³-hybridized carbons (Fsp3) is 0.419. The Balaban J connectivity index is 1.43. The topological polar surface area (TPSA) is 75.6 Å². The molecule has 0 bridgehead atoms. The lowest BCUT2D eigenvalue weighted by atomic mass is 9.94. The molecule has 1 amide bonds. The lowest BCUT2D eigenvalue weighted by molar-refractivity contribution is -0.118. The lowest BCUT2D eigenvalue weighted by Gasteiger charge is -2.23. The van der Waals surface area contributed by atoms with Gasteiger partial charge in [-0.2, -0.15) is 0 Å². The summed E-state index contributed by atoms with van der Waals surface area (Å²) >= 11 is 0. The number of pyridine rings is 2. The van der Waals surface area contributed by atoms with Gasteiger partial charge in [0.25, 0.3) is 0 Å². The predicted octanol–water partition coefficient (Wildman–Crippen LogP) is 5.22. The van der Waals surface area contributed by atoms with Crippen molar-refractivity contribution in [3.8, 4) is 17.0 Å². The highest BCUT2D eigenvalue weighted by atomic mass is 16.5. The van der Waals surface area contributed by atoms with E-state index >= 15 is 0 Å². The number of ether oxygens (including phenoxy) is 1. The van der Waals surface area contributed by atoms with E-state index in [2.05, 4.69) is 47.2 Å². The van der Waals surface area contributed by atoms with E-state index in [0.717, 1.165) is 77.5 Å². The number of aryl methyl sites for hydroxylation is 1. The van der Waals surface area contributed by atoms with Gasteiger partial charge in [0, 0.05) is 49.1 Å². The van der Waals surface area contributed by atoms with E-state index in [1.165, 1.54) is 0 Å². The molecule has 0 atom stereocenters. The number of hydrogen-bond acceptors (Lipinski definition) is 6. The molecule has 1 aliphatic heterocycles. The van der Waals surface area contributed by atoms with Crippen LogP contribution in [-0.2, 0) is 16.0 Å². The number of Topliss-reactive ketones (excluding diaryl/α,β-unsaturated/α-hetero) is 1. The summed E-state index contributed by atoms with van der Waals surface area (Å²) in [4.78, 5) is 38.9. The summed E-state index contributed by atoms with van der Waals surface area (Å²) in [6, 6.07) is 10.2. The van der Waals surface area contributed by atoms with E-state index in [4.69, 9.17) is 4.74 Å². The average molecular weight is 513 g/mol. The number of carbonyl (C=O) groups excluding carboxylic acids is 2. The van der Waals surface area contributed by atoms with Crippen LogP contribution in [0, 0.1) is 5.92 Å². The van der Waals surface area contributed by atoms with Crippen LogP contribution in [-0.4, -0.2) is 60.9 Å². The Morgan fingerprint density at radius 3 is 2.61 bits per heavy atom. The van der Waals surface area contributed by atoms with Crippen LogP contribution in [0.25, 0.3) is 22.0 Å². The van der Waals surface area contributed by atoms with Gasteiger partial charge in [-0.05, 0) is 87.5 Å². The molecule has 1 fully saturated rings. The second kappa shape index (κ2) is 11.4.